The van der Waals surface area contributed by atoms with E-state index in [1.54, 1.807) is 17.6 Å². The molecule has 3 aromatic rings. The van der Waals surface area contributed by atoms with Crippen molar-refractivity contribution < 1.29 is 0 Å². The second kappa shape index (κ2) is 6.64. The van der Waals surface area contributed by atoms with Crippen molar-refractivity contribution in [3.05, 3.63) is 50.9 Å². The van der Waals surface area contributed by atoms with E-state index in [0.717, 1.165) is 15.7 Å². The summed E-state index contributed by atoms with van der Waals surface area (Å²) in [6.07, 6.45) is 1.67. The first-order valence-electron chi connectivity index (χ1n) is 6.95. The summed E-state index contributed by atoms with van der Waals surface area (Å²) in [6.45, 7) is 2.15. The highest BCUT2D eigenvalue weighted by atomic mass is 79.9. The molecule has 0 saturated carbocycles. The van der Waals surface area contributed by atoms with Crippen molar-refractivity contribution in [2.45, 2.75) is 13.0 Å². The summed E-state index contributed by atoms with van der Waals surface area (Å²) in [5.74, 6) is 0.714. The first-order chi connectivity index (χ1) is 11.1. The summed E-state index contributed by atoms with van der Waals surface area (Å²) < 4.78 is 2.44. The van der Waals surface area contributed by atoms with E-state index in [9.17, 15) is 4.91 Å². The molecule has 1 aromatic carbocycles. The molecule has 0 fully saturated rings. The van der Waals surface area contributed by atoms with Crippen molar-refractivity contribution >= 4 is 39.0 Å². The average Bonchev–Trinajstić information content (AvgIpc) is 2.94. The Hall–Kier alpha value is -1.99. The van der Waals surface area contributed by atoms with Gasteiger partial charge >= 0.3 is 0 Å². The molecule has 6 nitrogen and oxygen atoms in total. The van der Waals surface area contributed by atoms with Gasteiger partial charge in [0.1, 0.15) is 11.9 Å². The van der Waals surface area contributed by atoms with Gasteiger partial charge in [-0.3, -0.25) is 0 Å². The van der Waals surface area contributed by atoms with E-state index < -0.39 is 0 Å². The number of hydrogen-bond acceptors (Lipinski definition) is 5. The van der Waals surface area contributed by atoms with Gasteiger partial charge in [-0.15, -0.1) is 0 Å². The molecule has 0 amide bonds. The minimum Gasteiger partial charge on any atom is -0.368 e. The molecule has 0 radical (unpaired) electrons. The Morgan fingerprint density at radius 2 is 2.22 bits per heavy atom. The summed E-state index contributed by atoms with van der Waals surface area (Å²) >= 11 is 9.72. The fourth-order valence-electron chi connectivity index (χ4n) is 2.16. The summed E-state index contributed by atoms with van der Waals surface area (Å²) in [4.78, 5) is 15.2. The Bertz CT molecular complexity index is 866. The lowest BCUT2D eigenvalue weighted by Gasteiger charge is -2.12. The maximum Gasteiger partial charge on any atom is 0.172 e. The zero-order valence-corrected chi connectivity index (χ0v) is 14.5. The lowest BCUT2D eigenvalue weighted by molar-refractivity contribution is 0.766. The summed E-state index contributed by atoms with van der Waals surface area (Å²) in [5.41, 5.74) is 2.21. The van der Waals surface area contributed by atoms with Crippen molar-refractivity contribution in [1.82, 2.24) is 14.6 Å². The number of hydrogen-bond donors (Lipinski definition) is 1. The molecule has 1 N–H and O–H groups in total. The van der Waals surface area contributed by atoms with Gasteiger partial charge in [0.25, 0.3) is 0 Å². The van der Waals surface area contributed by atoms with Crippen molar-refractivity contribution in [1.29, 1.82) is 0 Å². The van der Waals surface area contributed by atoms with Crippen LogP contribution in [-0.4, -0.2) is 27.2 Å². The monoisotopic (exact) mass is 393 g/mol. The number of aromatic nitrogens is 3. The third-order valence-corrected chi connectivity index (χ3v) is 4.23. The second-order valence-electron chi connectivity index (χ2n) is 5.07. The number of anilines is 1. The van der Waals surface area contributed by atoms with Crippen molar-refractivity contribution in [3.8, 4) is 11.3 Å². The van der Waals surface area contributed by atoms with Crippen LogP contribution in [0.3, 0.4) is 0 Å². The molecule has 3 rings (SSSR count). The molecule has 0 aliphatic heterocycles. The van der Waals surface area contributed by atoms with Crippen molar-refractivity contribution in [2.24, 2.45) is 5.18 Å². The molecule has 1 unspecified atom stereocenters. The maximum atomic E-state index is 10.6. The highest BCUT2D eigenvalue weighted by molar-refractivity contribution is 9.10. The minimum absolute atomic E-state index is 0.346. The molecule has 23 heavy (non-hydrogen) atoms. The van der Waals surface area contributed by atoms with Crippen LogP contribution in [0, 0.1) is 4.91 Å². The average molecular weight is 395 g/mol. The van der Waals surface area contributed by atoms with Crippen LogP contribution in [0.15, 0.2) is 46.2 Å². The summed E-state index contributed by atoms with van der Waals surface area (Å²) in [5, 5.41) is 11.1. The molecule has 0 bridgehead atoms. The molecule has 8 heteroatoms. The number of benzene rings is 1. The van der Waals surface area contributed by atoms with Gasteiger partial charge in [-0.05, 0) is 28.9 Å². The second-order valence-corrected chi connectivity index (χ2v) is 6.33. The van der Waals surface area contributed by atoms with Crippen LogP contribution in [0.2, 0.25) is 5.02 Å². The van der Waals surface area contributed by atoms with Gasteiger partial charge in [-0.1, -0.05) is 35.0 Å². The van der Waals surface area contributed by atoms with Gasteiger partial charge in [-0.25, -0.2) is 4.98 Å². The Morgan fingerprint density at radius 3 is 2.96 bits per heavy atom. The van der Waals surface area contributed by atoms with Crippen molar-refractivity contribution in [3.63, 3.8) is 0 Å². The van der Waals surface area contributed by atoms with Crippen molar-refractivity contribution in [2.75, 3.05) is 11.9 Å². The highest BCUT2D eigenvalue weighted by Gasteiger charge is 2.13. The minimum atomic E-state index is -0.346. The van der Waals surface area contributed by atoms with Crippen LogP contribution < -0.4 is 5.32 Å². The molecular weight excluding hydrogens is 382 g/mol. The molecule has 2 heterocycles. The van der Waals surface area contributed by atoms with E-state index in [2.05, 4.69) is 36.5 Å². The molecule has 0 aliphatic rings. The predicted octanol–water partition coefficient (Wildman–Crippen LogP) is 4.38. The number of fused-ring (bicyclic) bond motifs is 1. The zero-order valence-electron chi connectivity index (χ0n) is 12.2. The van der Waals surface area contributed by atoms with E-state index in [4.69, 9.17) is 11.6 Å². The zero-order chi connectivity index (χ0) is 16.4. The van der Waals surface area contributed by atoms with Crippen LogP contribution in [-0.2, 0) is 0 Å². The van der Waals surface area contributed by atoms with Crippen LogP contribution in [0.5, 0.6) is 0 Å². The van der Waals surface area contributed by atoms with Gasteiger partial charge in [0, 0.05) is 23.2 Å². The first-order valence-corrected chi connectivity index (χ1v) is 8.12. The van der Waals surface area contributed by atoms with E-state index in [0.29, 0.717) is 23.0 Å². The number of halogens is 2. The third kappa shape index (κ3) is 3.20. The number of nitroso groups, excluding NO2 is 1. The fraction of sp³-hybridized carbons (Fsp3) is 0.200. The van der Waals surface area contributed by atoms with Gasteiger partial charge in [0.2, 0.25) is 0 Å². The maximum absolute atomic E-state index is 10.6. The number of nitrogens with zero attached hydrogens (tertiary/aromatic N) is 4. The van der Waals surface area contributed by atoms with Gasteiger partial charge < -0.3 is 5.32 Å². The van der Waals surface area contributed by atoms with Crippen LogP contribution in [0.4, 0.5) is 5.82 Å². The predicted molar refractivity (Wildman–Crippen MR) is 94.9 cm³/mol. The number of nitrogens with one attached hydrogen (secondary N) is 1. The van der Waals surface area contributed by atoms with E-state index >= 15 is 0 Å². The molecule has 2 aromatic heterocycles. The highest BCUT2D eigenvalue weighted by Crippen LogP contribution is 2.30. The standard InChI is InChI=1S/C15H13BrClN5O/c1-9(21-23)7-18-14-6-13(10-4-2-3-5-12(10)17)20-15-11(16)8-19-22(14)15/h2-6,8-9,18H,7H2,1H3. The summed E-state index contributed by atoms with van der Waals surface area (Å²) in [7, 11) is 0. The molecule has 0 saturated heterocycles. The SMILES string of the molecule is CC(CNc1cc(-c2ccccc2Cl)nc2c(Br)cnn12)N=O. The Labute approximate surface area is 146 Å². The van der Waals surface area contributed by atoms with Gasteiger partial charge in [0.15, 0.2) is 5.65 Å². The molecule has 1 atom stereocenters. The Balaban J connectivity index is 2.11. The fourth-order valence-corrected chi connectivity index (χ4v) is 2.74. The topological polar surface area (TPSA) is 71.7 Å². The van der Waals surface area contributed by atoms with Crippen LogP contribution in [0.25, 0.3) is 16.9 Å². The lowest BCUT2D eigenvalue weighted by atomic mass is 10.1. The Morgan fingerprint density at radius 1 is 1.43 bits per heavy atom. The lowest BCUT2D eigenvalue weighted by Crippen LogP contribution is -2.16. The Kier molecular flexibility index (Phi) is 4.58. The normalized spacial score (nSPS) is 12.3. The smallest absolute Gasteiger partial charge is 0.172 e. The molecule has 118 valence electrons. The van der Waals surface area contributed by atoms with E-state index in [1.807, 2.05) is 30.3 Å². The largest absolute Gasteiger partial charge is 0.368 e. The van der Waals surface area contributed by atoms with Crippen LogP contribution in [0.1, 0.15) is 6.92 Å². The number of rotatable bonds is 5. The van der Waals surface area contributed by atoms with Crippen LogP contribution >= 0.6 is 27.5 Å². The molecular formula is C15H13BrClN5O. The molecule has 0 aliphatic carbocycles. The third-order valence-electron chi connectivity index (χ3n) is 3.34. The van der Waals surface area contributed by atoms with Gasteiger partial charge in [0.05, 0.1) is 16.4 Å². The van der Waals surface area contributed by atoms with E-state index in [-0.39, 0.29) is 6.04 Å². The molecule has 0 spiro atoms. The van der Waals surface area contributed by atoms with Gasteiger partial charge in [-0.2, -0.15) is 14.5 Å². The summed E-state index contributed by atoms with van der Waals surface area (Å²) in [6, 6.07) is 9.01. The van der Waals surface area contributed by atoms with E-state index in [1.165, 1.54) is 0 Å². The quantitative estimate of drug-likeness (QED) is 0.652. The first kappa shape index (κ1) is 15.9.